The van der Waals surface area contributed by atoms with E-state index < -0.39 is 6.10 Å². The zero-order chi connectivity index (χ0) is 15.9. The van der Waals surface area contributed by atoms with Crippen LogP contribution in [0.3, 0.4) is 0 Å². The molecule has 0 fully saturated rings. The second kappa shape index (κ2) is 8.05. The van der Waals surface area contributed by atoms with E-state index in [-0.39, 0.29) is 12.1 Å². The number of hydrogen-bond acceptors (Lipinski definition) is 3. The van der Waals surface area contributed by atoms with Gasteiger partial charge in [0, 0.05) is 0 Å². The number of allylic oxidation sites excluding steroid dienone is 1. The number of rotatable bonds is 7. The molecule has 0 saturated carbocycles. The number of benzene rings is 1. The van der Waals surface area contributed by atoms with E-state index in [4.69, 9.17) is 9.47 Å². The summed E-state index contributed by atoms with van der Waals surface area (Å²) in [6, 6.07) is 5.75. The SMILES string of the molecule is C/C=C/c1ccc(OC[C@@H](O)C[NH2+]C(C)(C)C)c(OC)c1. The Morgan fingerprint density at radius 3 is 2.57 bits per heavy atom. The zero-order valence-electron chi connectivity index (χ0n) is 13.7. The van der Waals surface area contributed by atoms with Crippen molar-refractivity contribution in [3.8, 4) is 11.5 Å². The molecule has 1 rings (SSSR count). The highest BCUT2D eigenvalue weighted by Crippen LogP contribution is 2.28. The van der Waals surface area contributed by atoms with Gasteiger partial charge in [-0.1, -0.05) is 18.2 Å². The Bertz CT molecular complexity index is 464. The van der Waals surface area contributed by atoms with Crippen LogP contribution in [0.5, 0.6) is 11.5 Å². The van der Waals surface area contributed by atoms with Gasteiger partial charge in [0.2, 0.25) is 0 Å². The van der Waals surface area contributed by atoms with Crippen LogP contribution in [-0.4, -0.2) is 37.0 Å². The van der Waals surface area contributed by atoms with Gasteiger partial charge in [-0.05, 0) is 45.4 Å². The number of methoxy groups -OCH3 is 1. The highest BCUT2D eigenvalue weighted by Gasteiger charge is 2.17. The van der Waals surface area contributed by atoms with Crippen molar-refractivity contribution in [2.75, 3.05) is 20.3 Å². The minimum absolute atomic E-state index is 0.104. The lowest BCUT2D eigenvalue weighted by Crippen LogP contribution is -2.96. The Morgan fingerprint density at radius 1 is 1.29 bits per heavy atom. The molecule has 1 atom stereocenters. The molecule has 1 aromatic carbocycles. The van der Waals surface area contributed by atoms with Crippen molar-refractivity contribution in [1.29, 1.82) is 0 Å². The fourth-order valence-corrected chi connectivity index (χ4v) is 1.84. The predicted molar refractivity (Wildman–Crippen MR) is 85.7 cm³/mol. The average Bonchev–Trinajstić information content (AvgIpc) is 2.43. The first kappa shape index (κ1) is 17.5. The topological polar surface area (TPSA) is 55.3 Å². The van der Waals surface area contributed by atoms with Crippen LogP contribution in [0.4, 0.5) is 0 Å². The van der Waals surface area contributed by atoms with E-state index in [0.29, 0.717) is 18.0 Å². The third-order valence-electron chi connectivity index (χ3n) is 2.98. The maximum Gasteiger partial charge on any atom is 0.161 e. The highest BCUT2D eigenvalue weighted by molar-refractivity contribution is 5.55. The molecule has 4 nitrogen and oxygen atoms in total. The summed E-state index contributed by atoms with van der Waals surface area (Å²) in [5.41, 5.74) is 1.16. The third-order valence-corrected chi connectivity index (χ3v) is 2.98. The van der Waals surface area contributed by atoms with E-state index in [2.05, 4.69) is 26.1 Å². The summed E-state index contributed by atoms with van der Waals surface area (Å²) in [6.45, 7) is 9.18. The van der Waals surface area contributed by atoms with Crippen molar-refractivity contribution in [3.63, 3.8) is 0 Å². The van der Waals surface area contributed by atoms with E-state index in [1.165, 1.54) is 0 Å². The number of quaternary nitrogens is 1. The molecule has 0 radical (unpaired) electrons. The molecule has 0 aliphatic heterocycles. The van der Waals surface area contributed by atoms with Crippen molar-refractivity contribution in [1.82, 2.24) is 0 Å². The van der Waals surface area contributed by atoms with Crippen molar-refractivity contribution in [3.05, 3.63) is 29.8 Å². The summed E-state index contributed by atoms with van der Waals surface area (Å²) in [5, 5.41) is 12.1. The maximum absolute atomic E-state index is 9.97. The quantitative estimate of drug-likeness (QED) is 0.806. The Kier molecular flexibility index (Phi) is 6.72. The molecular formula is C17H28NO3+. The summed E-state index contributed by atoms with van der Waals surface area (Å²) >= 11 is 0. The average molecular weight is 294 g/mol. The molecule has 0 amide bonds. The molecule has 0 spiro atoms. The van der Waals surface area contributed by atoms with Crippen LogP contribution >= 0.6 is 0 Å². The summed E-state index contributed by atoms with van der Waals surface area (Å²) in [5.74, 6) is 1.33. The van der Waals surface area contributed by atoms with Crippen molar-refractivity contribution in [2.45, 2.75) is 39.3 Å². The van der Waals surface area contributed by atoms with Crippen molar-refractivity contribution >= 4 is 6.08 Å². The predicted octanol–water partition coefficient (Wildman–Crippen LogP) is 1.83. The summed E-state index contributed by atoms with van der Waals surface area (Å²) in [6.07, 6.45) is 3.46. The molecule has 21 heavy (non-hydrogen) atoms. The highest BCUT2D eigenvalue weighted by atomic mass is 16.5. The molecule has 118 valence electrons. The largest absolute Gasteiger partial charge is 0.493 e. The molecule has 0 unspecified atom stereocenters. The van der Waals surface area contributed by atoms with Crippen LogP contribution in [0.15, 0.2) is 24.3 Å². The van der Waals surface area contributed by atoms with Gasteiger partial charge in [-0.25, -0.2) is 0 Å². The Hall–Kier alpha value is -1.52. The van der Waals surface area contributed by atoms with Gasteiger partial charge in [-0.3, -0.25) is 0 Å². The van der Waals surface area contributed by atoms with Gasteiger partial charge in [0.1, 0.15) is 19.3 Å². The Labute approximate surface area is 127 Å². The second-order valence-corrected chi connectivity index (χ2v) is 6.18. The van der Waals surface area contributed by atoms with Crippen LogP contribution in [0.25, 0.3) is 6.08 Å². The minimum atomic E-state index is -0.510. The van der Waals surface area contributed by atoms with Gasteiger partial charge in [0.15, 0.2) is 11.5 Å². The lowest BCUT2D eigenvalue weighted by Gasteiger charge is -2.20. The van der Waals surface area contributed by atoms with E-state index in [1.54, 1.807) is 7.11 Å². The number of ether oxygens (including phenoxy) is 2. The molecule has 0 bridgehead atoms. The standard InChI is InChI=1S/C17H27NO3/c1-6-7-13-8-9-15(16(10-13)20-5)21-12-14(19)11-18-17(2,3)4/h6-10,14,18-19H,11-12H2,1-5H3/p+1/b7-6+/t14-/m0/s1. The van der Waals surface area contributed by atoms with Crippen LogP contribution in [0.2, 0.25) is 0 Å². The van der Waals surface area contributed by atoms with Gasteiger partial charge in [0.05, 0.1) is 12.6 Å². The number of aliphatic hydroxyl groups excluding tert-OH is 1. The third kappa shape index (κ3) is 6.65. The molecule has 0 aliphatic carbocycles. The number of hydrogen-bond donors (Lipinski definition) is 2. The molecule has 3 N–H and O–H groups in total. The van der Waals surface area contributed by atoms with Gasteiger partial charge in [-0.2, -0.15) is 0 Å². The van der Waals surface area contributed by atoms with Crippen LogP contribution < -0.4 is 14.8 Å². The molecule has 1 aromatic rings. The van der Waals surface area contributed by atoms with Crippen molar-refractivity contribution < 1.29 is 19.9 Å². The number of aliphatic hydroxyl groups is 1. The van der Waals surface area contributed by atoms with Crippen LogP contribution in [0, 0.1) is 0 Å². The van der Waals surface area contributed by atoms with E-state index >= 15 is 0 Å². The first-order chi connectivity index (χ1) is 9.85. The first-order valence-corrected chi connectivity index (χ1v) is 7.31. The van der Waals surface area contributed by atoms with Crippen molar-refractivity contribution in [2.24, 2.45) is 0 Å². The maximum atomic E-state index is 9.97. The summed E-state index contributed by atoms with van der Waals surface area (Å²) in [7, 11) is 1.62. The molecule has 4 heteroatoms. The molecule has 0 heterocycles. The number of nitrogens with two attached hydrogens (primary N) is 1. The molecule has 0 aromatic heterocycles. The minimum Gasteiger partial charge on any atom is -0.493 e. The van der Waals surface area contributed by atoms with E-state index in [1.807, 2.05) is 37.3 Å². The lowest BCUT2D eigenvalue weighted by molar-refractivity contribution is -0.722. The van der Waals surface area contributed by atoms with Crippen LogP contribution in [-0.2, 0) is 0 Å². The summed E-state index contributed by atoms with van der Waals surface area (Å²) < 4.78 is 11.0. The van der Waals surface area contributed by atoms with Gasteiger partial charge >= 0.3 is 0 Å². The lowest BCUT2D eigenvalue weighted by atomic mass is 10.1. The summed E-state index contributed by atoms with van der Waals surface area (Å²) in [4.78, 5) is 0. The van der Waals surface area contributed by atoms with Gasteiger partial charge < -0.3 is 19.9 Å². The molecule has 0 aliphatic rings. The van der Waals surface area contributed by atoms with Crippen LogP contribution in [0.1, 0.15) is 33.3 Å². The second-order valence-electron chi connectivity index (χ2n) is 6.18. The normalized spacial score (nSPS) is 13.4. The molecule has 0 saturated heterocycles. The van der Waals surface area contributed by atoms with Gasteiger partial charge in [-0.15, -0.1) is 0 Å². The zero-order valence-corrected chi connectivity index (χ0v) is 13.7. The fraction of sp³-hybridized carbons (Fsp3) is 0.529. The first-order valence-electron chi connectivity index (χ1n) is 7.31. The van der Waals surface area contributed by atoms with E-state index in [9.17, 15) is 5.11 Å². The fourth-order valence-electron chi connectivity index (χ4n) is 1.84. The monoisotopic (exact) mass is 294 g/mol. The van der Waals surface area contributed by atoms with Gasteiger partial charge in [0.25, 0.3) is 0 Å². The molecular weight excluding hydrogens is 266 g/mol. The Morgan fingerprint density at radius 2 is 2.00 bits per heavy atom. The Balaban J connectivity index is 2.58. The smallest absolute Gasteiger partial charge is 0.161 e. The van der Waals surface area contributed by atoms with E-state index in [0.717, 1.165) is 5.56 Å².